The van der Waals surface area contributed by atoms with E-state index < -0.39 is 0 Å². The van der Waals surface area contributed by atoms with Gasteiger partial charge in [0, 0.05) is 6.42 Å². The number of hydrogen-bond donors (Lipinski definition) is 2. The number of hydrogen-bond acceptors (Lipinski definition) is 4. The van der Waals surface area contributed by atoms with Crippen LogP contribution in [0.5, 0.6) is 0 Å². The highest BCUT2D eigenvalue weighted by Crippen LogP contribution is 2.31. The van der Waals surface area contributed by atoms with Crippen LogP contribution in [0.15, 0.2) is 50.8 Å². The quantitative estimate of drug-likeness (QED) is 0.667. The molecule has 106 valence electrons. The zero-order valence-electron chi connectivity index (χ0n) is 11.4. The summed E-state index contributed by atoms with van der Waals surface area (Å²) < 4.78 is 11.1. The average molecular weight is 275 g/mol. The Hall–Kier alpha value is -2.01. The number of piperidine rings is 1. The van der Waals surface area contributed by atoms with E-state index in [-0.39, 0.29) is 18.0 Å². The number of rotatable bonds is 3. The number of quaternary nitrogens is 1. The SMILES string of the molecule is CC[C@H]1/C(=N/O)C[C@@H](c2ccco2)[NH2+][C@H]1c1ccco1. The van der Waals surface area contributed by atoms with Gasteiger partial charge in [-0.15, -0.1) is 0 Å². The van der Waals surface area contributed by atoms with E-state index in [0.29, 0.717) is 6.42 Å². The Morgan fingerprint density at radius 3 is 2.50 bits per heavy atom. The van der Waals surface area contributed by atoms with Gasteiger partial charge in [0.1, 0.15) is 0 Å². The summed E-state index contributed by atoms with van der Waals surface area (Å²) >= 11 is 0. The second-order valence-corrected chi connectivity index (χ2v) is 5.17. The average Bonchev–Trinajstić information content (AvgIpc) is 3.18. The fourth-order valence-electron chi connectivity index (χ4n) is 3.11. The van der Waals surface area contributed by atoms with E-state index >= 15 is 0 Å². The number of furan rings is 2. The molecule has 1 fully saturated rings. The third-order valence-electron chi connectivity index (χ3n) is 4.08. The van der Waals surface area contributed by atoms with Crippen LogP contribution in [0.3, 0.4) is 0 Å². The summed E-state index contributed by atoms with van der Waals surface area (Å²) in [6.45, 7) is 2.10. The molecule has 0 amide bonds. The van der Waals surface area contributed by atoms with E-state index in [1.165, 1.54) is 0 Å². The smallest absolute Gasteiger partial charge is 0.161 e. The lowest BCUT2D eigenvalue weighted by Gasteiger charge is -2.32. The van der Waals surface area contributed by atoms with Crippen molar-refractivity contribution in [3.05, 3.63) is 48.3 Å². The first-order chi connectivity index (χ1) is 9.83. The zero-order chi connectivity index (χ0) is 13.9. The third-order valence-corrected chi connectivity index (χ3v) is 4.08. The molecule has 20 heavy (non-hydrogen) atoms. The van der Waals surface area contributed by atoms with E-state index in [2.05, 4.69) is 17.4 Å². The number of nitrogens with two attached hydrogens (primary N) is 1. The van der Waals surface area contributed by atoms with Crippen LogP contribution < -0.4 is 5.32 Å². The summed E-state index contributed by atoms with van der Waals surface area (Å²) in [5, 5.41) is 15.1. The normalized spacial score (nSPS) is 28.9. The van der Waals surface area contributed by atoms with Crippen LogP contribution in [0.2, 0.25) is 0 Å². The largest absolute Gasteiger partial charge is 0.463 e. The molecule has 5 heteroatoms. The maximum Gasteiger partial charge on any atom is 0.161 e. The van der Waals surface area contributed by atoms with Crippen LogP contribution in [0.1, 0.15) is 43.4 Å². The van der Waals surface area contributed by atoms with Gasteiger partial charge in [0.15, 0.2) is 23.6 Å². The van der Waals surface area contributed by atoms with Crippen LogP contribution in [-0.2, 0) is 0 Å². The van der Waals surface area contributed by atoms with Crippen molar-refractivity contribution in [2.45, 2.75) is 31.8 Å². The van der Waals surface area contributed by atoms with Crippen molar-refractivity contribution >= 4 is 5.71 Å². The van der Waals surface area contributed by atoms with Gasteiger partial charge in [0.05, 0.1) is 24.2 Å². The Labute approximate surface area is 117 Å². The first kappa shape index (κ1) is 13.0. The Morgan fingerprint density at radius 1 is 1.25 bits per heavy atom. The minimum Gasteiger partial charge on any atom is -0.463 e. The van der Waals surface area contributed by atoms with Crippen molar-refractivity contribution in [1.29, 1.82) is 0 Å². The van der Waals surface area contributed by atoms with Crippen molar-refractivity contribution in [2.75, 3.05) is 0 Å². The molecular weight excluding hydrogens is 256 g/mol. The summed E-state index contributed by atoms with van der Waals surface area (Å²) in [6.07, 6.45) is 4.96. The maximum absolute atomic E-state index is 9.34. The molecule has 0 saturated carbocycles. The lowest BCUT2D eigenvalue weighted by molar-refractivity contribution is -0.745. The van der Waals surface area contributed by atoms with Crippen molar-refractivity contribution in [3.63, 3.8) is 0 Å². The van der Waals surface area contributed by atoms with Gasteiger partial charge in [0.25, 0.3) is 0 Å². The fourth-order valence-corrected chi connectivity index (χ4v) is 3.11. The molecule has 0 aliphatic carbocycles. The van der Waals surface area contributed by atoms with Crippen LogP contribution in [0.25, 0.3) is 0 Å². The highest BCUT2D eigenvalue weighted by molar-refractivity contribution is 5.87. The van der Waals surface area contributed by atoms with Gasteiger partial charge in [-0.3, -0.25) is 0 Å². The summed E-state index contributed by atoms with van der Waals surface area (Å²) in [6, 6.07) is 7.94. The van der Waals surface area contributed by atoms with E-state index in [4.69, 9.17) is 8.83 Å². The van der Waals surface area contributed by atoms with E-state index in [1.807, 2.05) is 24.3 Å². The first-order valence-electron chi connectivity index (χ1n) is 6.96. The van der Waals surface area contributed by atoms with Gasteiger partial charge in [-0.25, -0.2) is 0 Å². The number of oxime groups is 1. The molecule has 0 radical (unpaired) electrons. The minimum atomic E-state index is 0.116. The molecule has 0 unspecified atom stereocenters. The lowest BCUT2D eigenvalue weighted by atomic mass is 9.82. The van der Waals surface area contributed by atoms with Crippen LogP contribution in [-0.4, -0.2) is 10.9 Å². The van der Waals surface area contributed by atoms with E-state index in [1.54, 1.807) is 12.5 Å². The Bertz CT molecular complexity index is 560. The van der Waals surface area contributed by atoms with Gasteiger partial charge in [0.2, 0.25) is 0 Å². The fraction of sp³-hybridized carbons (Fsp3) is 0.400. The lowest BCUT2D eigenvalue weighted by Crippen LogP contribution is -2.90. The predicted octanol–water partition coefficient (Wildman–Crippen LogP) is 2.48. The highest BCUT2D eigenvalue weighted by Gasteiger charge is 2.41. The van der Waals surface area contributed by atoms with Crippen LogP contribution >= 0.6 is 0 Å². The molecule has 0 bridgehead atoms. The first-order valence-corrected chi connectivity index (χ1v) is 6.96. The van der Waals surface area contributed by atoms with Gasteiger partial charge in [-0.2, -0.15) is 0 Å². The molecule has 5 nitrogen and oxygen atoms in total. The van der Waals surface area contributed by atoms with Gasteiger partial charge in [-0.05, 0) is 30.7 Å². The van der Waals surface area contributed by atoms with Crippen molar-refractivity contribution < 1.29 is 19.4 Å². The molecule has 3 heterocycles. The molecule has 3 N–H and O–H groups in total. The predicted molar refractivity (Wildman–Crippen MR) is 72.4 cm³/mol. The van der Waals surface area contributed by atoms with Crippen molar-refractivity contribution in [1.82, 2.24) is 0 Å². The molecule has 0 spiro atoms. The minimum absolute atomic E-state index is 0.116. The Morgan fingerprint density at radius 2 is 1.95 bits per heavy atom. The summed E-state index contributed by atoms with van der Waals surface area (Å²) in [5.41, 5.74) is 0.817. The molecule has 0 aromatic carbocycles. The Kier molecular flexibility index (Phi) is 3.60. The topological polar surface area (TPSA) is 75.5 Å². The van der Waals surface area contributed by atoms with E-state index in [9.17, 15) is 5.21 Å². The molecule has 2 aromatic heterocycles. The van der Waals surface area contributed by atoms with Crippen LogP contribution in [0, 0.1) is 5.92 Å². The summed E-state index contributed by atoms with van der Waals surface area (Å²) in [4.78, 5) is 0. The molecule has 1 saturated heterocycles. The highest BCUT2D eigenvalue weighted by atomic mass is 16.4. The van der Waals surface area contributed by atoms with Gasteiger partial charge < -0.3 is 19.4 Å². The number of nitrogens with zero attached hydrogens (tertiary/aromatic N) is 1. The standard InChI is InChI=1S/C15H18N2O3/c1-2-10-11(17-18)9-12(13-5-3-7-19-13)16-15(10)14-6-4-8-20-14/h3-8,10,12,15-16,18H,2,9H2,1H3/p+1/b17-11+/t10-,12-,15+/m0/s1. The molecular formula is C15H19N2O3+. The molecule has 1 aliphatic rings. The Balaban J connectivity index is 1.93. The summed E-state index contributed by atoms with van der Waals surface area (Å²) in [7, 11) is 0. The molecule has 2 aromatic rings. The molecule has 3 atom stereocenters. The van der Waals surface area contributed by atoms with Gasteiger partial charge >= 0.3 is 0 Å². The second-order valence-electron chi connectivity index (χ2n) is 5.17. The molecule has 3 rings (SSSR count). The summed E-state index contributed by atoms with van der Waals surface area (Å²) in [5.74, 6) is 1.99. The molecule has 1 aliphatic heterocycles. The third kappa shape index (κ3) is 2.25. The van der Waals surface area contributed by atoms with Crippen LogP contribution in [0.4, 0.5) is 0 Å². The van der Waals surface area contributed by atoms with Crippen molar-refractivity contribution in [2.24, 2.45) is 11.1 Å². The van der Waals surface area contributed by atoms with Gasteiger partial charge in [-0.1, -0.05) is 12.1 Å². The maximum atomic E-state index is 9.34. The monoisotopic (exact) mass is 275 g/mol. The second kappa shape index (κ2) is 5.54. The zero-order valence-corrected chi connectivity index (χ0v) is 11.4. The van der Waals surface area contributed by atoms with E-state index in [0.717, 1.165) is 23.7 Å². The van der Waals surface area contributed by atoms with Crippen molar-refractivity contribution in [3.8, 4) is 0 Å².